The van der Waals surface area contributed by atoms with E-state index in [4.69, 9.17) is 15.2 Å². The summed E-state index contributed by atoms with van der Waals surface area (Å²) in [6.45, 7) is 5.81. The van der Waals surface area contributed by atoms with E-state index in [-0.39, 0.29) is 11.2 Å². The molecule has 0 aliphatic carbocycles. The molecule has 0 aromatic heterocycles. The molecule has 0 radical (unpaired) electrons. The molecule has 0 bridgehead atoms. The Bertz CT molecular complexity index is 435. The molecule has 0 amide bonds. The first-order valence-electron chi connectivity index (χ1n) is 5.83. The van der Waals surface area contributed by atoms with Crippen LogP contribution in [0, 0.1) is 5.41 Å². The maximum absolute atomic E-state index is 12.3. The first-order valence-corrected chi connectivity index (χ1v) is 5.83. The first kappa shape index (κ1) is 14.5. The van der Waals surface area contributed by atoms with Gasteiger partial charge < -0.3 is 15.2 Å². The number of nitrogens with two attached hydrogens (primary N) is 1. The molecule has 0 aliphatic rings. The maximum Gasteiger partial charge on any atom is 0.183 e. The fraction of sp³-hybridized carbons (Fsp3) is 0.500. The van der Waals surface area contributed by atoms with E-state index in [2.05, 4.69) is 0 Å². The van der Waals surface area contributed by atoms with Crippen molar-refractivity contribution in [3.05, 3.63) is 23.8 Å². The maximum atomic E-state index is 12.3. The number of carbonyl (C=O) groups is 1. The van der Waals surface area contributed by atoms with Crippen molar-refractivity contribution >= 4 is 5.78 Å². The fourth-order valence-electron chi connectivity index (χ4n) is 1.56. The van der Waals surface area contributed by atoms with E-state index in [9.17, 15) is 4.79 Å². The number of hydrogen-bond acceptors (Lipinski definition) is 4. The van der Waals surface area contributed by atoms with E-state index in [0.717, 1.165) is 0 Å². The Morgan fingerprint density at radius 2 is 1.83 bits per heavy atom. The molecule has 18 heavy (non-hydrogen) atoms. The standard InChI is InChI=1S/C14H21NO3/c1-14(2,3)13(15)12(16)10-7-6-9(17-4)8-11(10)18-5/h6-8,13H,15H2,1-5H3. The van der Waals surface area contributed by atoms with Crippen molar-refractivity contribution in [1.82, 2.24) is 0 Å². The quantitative estimate of drug-likeness (QED) is 0.834. The minimum Gasteiger partial charge on any atom is -0.497 e. The molecule has 1 aromatic carbocycles. The molecule has 1 aromatic rings. The largest absolute Gasteiger partial charge is 0.497 e. The third-order valence-corrected chi connectivity index (χ3v) is 2.89. The zero-order valence-corrected chi connectivity index (χ0v) is 11.6. The van der Waals surface area contributed by atoms with E-state index >= 15 is 0 Å². The van der Waals surface area contributed by atoms with Crippen LogP contribution < -0.4 is 15.2 Å². The minimum atomic E-state index is -0.570. The van der Waals surface area contributed by atoms with Crippen LogP contribution in [0.1, 0.15) is 31.1 Å². The molecule has 0 aliphatic heterocycles. The minimum absolute atomic E-state index is 0.123. The normalized spacial score (nSPS) is 13.0. The molecule has 0 fully saturated rings. The highest BCUT2D eigenvalue weighted by atomic mass is 16.5. The van der Waals surface area contributed by atoms with Gasteiger partial charge in [-0.1, -0.05) is 20.8 Å². The highest BCUT2D eigenvalue weighted by Crippen LogP contribution is 2.28. The number of carbonyl (C=O) groups excluding carboxylic acids is 1. The van der Waals surface area contributed by atoms with Gasteiger partial charge in [0.15, 0.2) is 5.78 Å². The van der Waals surface area contributed by atoms with Crippen LogP contribution in [0.25, 0.3) is 0 Å². The molecule has 100 valence electrons. The fourth-order valence-corrected chi connectivity index (χ4v) is 1.56. The number of ether oxygens (including phenoxy) is 2. The number of rotatable bonds is 4. The summed E-state index contributed by atoms with van der Waals surface area (Å²) in [5.41, 5.74) is 6.18. The highest BCUT2D eigenvalue weighted by molar-refractivity contribution is 6.02. The summed E-state index contributed by atoms with van der Waals surface area (Å²) >= 11 is 0. The van der Waals surface area contributed by atoms with Gasteiger partial charge in [0.1, 0.15) is 11.5 Å². The Morgan fingerprint density at radius 3 is 2.28 bits per heavy atom. The summed E-state index contributed by atoms with van der Waals surface area (Å²) in [6, 6.07) is 4.53. The summed E-state index contributed by atoms with van der Waals surface area (Å²) in [7, 11) is 3.09. The molecule has 4 heteroatoms. The monoisotopic (exact) mass is 251 g/mol. The van der Waals surface area contributed by atoms with Gasteiger partial charge in [0.2, 0.25) is 0 Å². The molecule has 0 spiro atoms. The summed E-state index contributed by atoms with van der Waals surface area (Å²) in [6.07, 6.45) is 0. The van der Waals surface area contributed by atoms with Gasteiger partial charge in [-0.25, -0.2) is 0 Å². The molecule has 1 atom stereocenters. The molecule has 0 heterocycles. The molecule has 1 rings (SSSR count). The zero-order valence-electron chi connectivity index (χ0n) is 11.6. The topological polar surface area (TPSA) is 61.5 Å². The van der Waals surface area contributed by atoms with Gasteiger partial charge in [-0.3, -0.25) is 4.79 Å². The Hall–Kier alpha value is -1.55. The van der Waals surface area contributed by atoms with Crippen LogP contribution in [0.2, 0.25) is 0 Å². The SMILES string of the molecule is COc1ccc(C(=O)C(N)C(C)(C)C)c(OC)c1. The van der Waals surface area contributed by atoms with Crippen LogP contribution in [-0.4, -0.2) is 26.0 Å². The van der Waals surface area contributed by atoms with Gasteiger partial charge in [0.25, 0.3) is 0 Å². The second kappa shape index (κ2) is 5.40. The lowest BCUT2D eigenvalue weighted by Crippen LogP contribution is -2.42. The van der Waals surface area contributed by atoms with Gasteiger partial charge in [0, 0.05) is 6.07 Å². The van der Waals surface area contributed by atoms with Crippen molar-refractivity contribution in [3.63, 3.8) is 0 Å². The van der Waals surface area contributed by atoms with E-state index < -0.39 is 6.04 Å². The van der Waals surface area contributed by atoms with Gasteiger partial charge >= 0.3 is 0 Å². The average molecular weight is 251 g/mol. The predicted octanol–water partition coefficient (Wildman–Crippen LogP) is 2.26. The number of Topliss-reactive ketones (excluding diaryl/α,β-unsaturated/α-hetero) is 1. The van der Waals surface area contributed by atoms with Crippen LogP contribution in [0.3, 0.4) is 0 Å². The summed E-state index contributed by atoms with van der Waals surface area (Å²) < 4.78 is 10.3. The van der Waals surface area contributed by atoms with Crippen LogP contribution in [0.4, 0.5) is 0 Å². The molecule has 1 unspecified atom stereocenters. The van der Waals surface area contributed by atoms with Crippen molar-refractivity contribution < 1.29 is 14.3 Å². The average Bonchev–Trinajstić information content (AvgIpc) is 2.35. The lowest BCUT2D eigenvalue weighted by molar-refractivity contribution is 0.0898. The Morgan fingerprint density at radius 1 is 1.22 bits per heavy atom. The van der Waals surface area contributed by atoms with Gasteiger partial charge in [-0.2, -0.15) is 0 Å². The molecule has 4 nitrogen and oxygen atoms in total. The Kier molecular flexibility index (Phi) is 4.35. The molecular weight excluding hydrogens is 230 g/mol. The van der Waals surface area contributed by atoms with E-state index in [1.165, 1.54) is 7.11 Å². The third-order valence-electron chi connectivity index (χ3n) is 2.89. The van der Waals surface area contributed by atoms with E-state index in [1.54, 1.807) is 25.3 Å². The molecular formula is C14H21NO3. The first-order chi connectivity index (χ1) is 8.31. The number of hydrogen-bond donors (Lipinski definition) is 1. The van der Waals surface area contributed by atoms with Crippen LogP contribution >= 0.6 is 0 Å². The summed E-state index contributed by atoms with van der Waals surface area (Å²) in [4.78, 5) is 12.3. The summed E-state index contributed by atoms with van der Waals surface area (Å²) in [5, 5.41) is 0. The smallest absolute Gasteiger partial charge is 0.183 e. The van der Waals surface area contributed by atoms with Gasteiger partial charge in [0.05, 0.1) is 25.8 Å². The lowest BCUT2D eigenvalue weighted by Gasteiger charge is -2.26. The van der Waals surface area contributed by atoms with Crippen LogP contribution in [-0.2, 0) is 0 Å². The van der Waals surface area contributed by atoms with E-state index in [0.29, 0.717) is 17.1 Å². The van der Waals surface area contributed by atoms with Crippen molar-refractivity contribution in [2.45, 2.75) is 26.8 Å². The Balaban J connectivity index is 3.13. The van der Waals surface area contributed by atoms with Crippen molar-refractivity contribution in [3.8, 4) is 11.5 Å². The molecule has 0 saturated carbocycles. The van der Waals surface area contributed by atoms with Crippen LogP contribution in [0.5, 0.6) is 11.5 Å². The molecule has 2 N–H and O–H groups in total. The van der Waals surface area contributed by atoms with Crippen molar-refractivity contribution in [2.75, 3.05) is 14.2 Å². The molecule has 0 saturated heterocycles. The second-order valence-corrected chi connectivity index (χ2v) is 5.27. The number of ketones is 1. The second-order valence-electron chi connectivity index (χ2n) is 5.27. The Labute approximate surface area is 108 Å². The predicted molar refractivity (Wildman–Crippen MR) is 71.3 cm³/mol. The van der Waals surface area contributed by atoms with Crippen LogP contribution in [0.15, 0.2) is 18.2 Å². The van der Waals surface area contributed by atoms with Crippen molar-refractivity contribution in [1.29, 1.82) is 0 Å². The zero-order chi connectivity index (χ0) is 13.9. The van der Waals surface area contributed by atoms with Gasteiger partial charge in [-0.15, -0.1) is 0 Å². The highest BCUT2D eigenvalue weighted by Gasteiger charge is 2.30. The lowest BCUT2D eigenvalue weighted by atomic mass is 9.82. The summed E-state index contributed by atoms with van der Waals surface area (Å²) in [5.74, 6) is 1.01. The number of methoxy groups -OCH3 is 2. The van der Waals surface area contributed by atoms with Gasteiger partial charge in [-0.05, 0) is 17.5 Å². The number of benzene rings is 1. The third kappa shape index (κ3) is 3.01. The van der Waals surface area contributed by atoms with Crippen molar-refractivity contribution in [2.24, 2.45) is 11.1 Å². The van der Waals surface area contributed by atoms with E-state index in [1.807, 2.05) is 20.8 Å².